The summed E-state index contributed by atoms with van der Waals surface area (Å²) in [6.45, 7) is 8.42. The molecule has 0 saturated carbocycles. The molecule has 0 amide bonds. The Labute approximate surface area is 165 Å². The Morgan fingerprint density at radius 3 is 2.89 bits per heavy atom. The first-order valence-electron chi connectivity index (χ1n) is 10.2. The maximum Gasteiger partial charge on any atom is 0.0967 e. The van der Waals surface area contributed by atoms with E-state index >= 15 is 0 Å². The summed E-state index contributed by atoms with van der Waals surface area (Å²) < 4.78 is 8.12. The van der Waals surface area contributed by atoms with Gasteiger partial charge < -0.3 is 9.84 Å². The van der Waals surface area contributed by atoms with E-state index in [1.165, 1.54) is 10.4 Å². The lowest BCUT2D eigenvalue weighted by atomic mass is 9.82. The molecule has 0 aliphatic carbocycles. The quantitative estimate of drug-likeness (QED) is 0.822. The summed E-state index contributed by atoms with van der Waals surface area (Å²) in [6.07, 6.45) is 6.61. The van der Waals surface area contributed by atoms with Crippen molar-refractivity contribution >= 4 is 11.3 Å². The number of ether oxygens (including phenoxy) is 1. The highest BCUT2D eigenvalue weighted by atomic mass is 32.1. The minimum atomic E-state index is -0.356. The van der Waals surface area contributed by atoms with Crippen molar-refractivity contribution in [3.63, 3.8) is 0 Å². The smallest absolute Gasteiger partial charge is 0.0967 e. The topological polar surface area (TPSA) is 63.4 Å². The molecule has 1 unspecified atom stereocenters. The highest BCUT2D eigenvalue weighted by Gasteiger charge is 2.41. The lowest BCUT2D eigenvalue weighted by Gasteiger charge is -2.44. The third kappa shape index (κ3) is 3.97. The molecule has 1 saturated heterocycles. The summed E-state index contributed by atoms with van der Waals surface area (Å²) in [4.78, 5) is 5.47. The number of hydrogen-bond donors (Lipinski definition) is 1. The van der Waals surface area contributed by atoms with Crippen molar-refractivity contribution in [2.24, 2.45) is 0 Å². The number of aliphatic hydroxyl groups is 1. The fourth-order valence-electron chi connectivity index (χ4n) is 4.21. The first-order chi connectivity index (χ1) is 13.1. The third-order valence-electron chi connectivity index (χ3n) is 5.91. The summed E-state index contributed by atoms with van der Waals surface area (Å²) in [5, 5.41) is 18.2. The SMILES string of the molecule is CCc1cc2c(s1)CCOC21CCN(Cc2cn(CC(O)CC)nn2)CC1. The molecule has 2 aromatic heterocycles. The van der Waals surface area contributed by atoms with E-state index in [2.05, 4.69) is 28.2 Å². The third-order valence-corrected chi connectivity index (χ3v) is 7.25. The van der Waals surface area contributed by atoms with Crippen molar-refractivity contribution in [3.05, 3.63) is 33.3 Å². The monoisotopic (exact) mass is 390 g/mol. The molecule has 148 valence electrons. The molecule has 1 fully saturated rings. The van der Waals surface area contributed by atoms with E-state index in [0.29, 0.717) is 6.54 Å². The van der Waals surface area contributed by atoms with Crippen molar-refractivity contribution in [2.75, 3.05) is 19.7 Å². The van der Waals surface area contributed by atoms with Crippen LogP contribution in [0.4, 0.5) is 0 Å². The van der Waals surface area contributed by atoms with Crippen LogP contribution in [-0.2, 0) is 36.3 Å². The van der Waals surface area contributed by atoms with Crippen molar-refractivity contribution in [1.29, 1.82) is 0 Å². The van der Waals surface area contributed by atoms with E-state index in [1.807, 2.05) is 24.5 Å². The van der Waals surface area contributed by atoms with Gasteiger partial charge in [0.2, 0.25) is 0 Å². The number of aromatic nitrogens is 3. The molecule has 4 heterocycles. The largest absolute Gasteiger partial charge is 0.391 e. The average Bonchev–Trinajstić information content (AvgIpc) is 3.31. The van der Waals surface area contributed by atoms with Gasteiger partial charge in [-0.25, -0.2) is 4.68 Å². The summed E-state index contributed by atoms with van der Waals surface area (Å²) in [5.41, 5.74) is 2.37. The second-order valence-electron chi connectivity index (χ2n) is 7.77. The second kappa shape index (κ2) is 7.99. The van der Waals surface area contributed by atoms with Gasteiger partial charge in [0, 0.05) is 42.0 Å². The van der Waals surface area contributed by atoms with Crippen LogP contribution in [0.5, 0.6) is 0 Å². The molecule has 1 spiro atoms. The first kappa shape index (κ1) is 19.1. The van der Waals surface area contributed by atoms with E-state index in [0.717, 1.165) is 64.0 Å². The van der Waals surface area contributed by atoms with Gasteiger partial charge in [0.25, 0.3) is 0 Å². The zero-order chi connectivity index (χ0) is 18.9. The maximum absolute atomic E-state index is 9.77. The maximum atomic E-state index is 9.77. The predicted molar refractivity (Wildman–Crippen MR) is 106 cm³/mol. The summed E-state index contributed by atoms with van der Waals surface area (Å²) >= 11 is 1.98. The van der Waals surface area contributed by atoms with Crippen LogP contribution in [0, 0.1) is 0 Å². The van der Waals surface area contributed by atoms with Crippen molar-refractivity contribution in [1.82, 2.24) is 19.9 Å². The number of aliphatic hydroxyl groups excluding tert-OH is 1. The number of hydrogen-bond acceptors (Lipinski definition) is 6. The van der Waals surface area contributed by atoms with Crippen LogP contribution in [0.3, 0.4) is 0 Å². The Hall–Kier alpha value is -1.28. The molecule has 27 heavy (non-hydrogen) atoms. The number of rotatable bonds is 6. The van der Waals surface area contributed by atoms with Gasteiger partial charge in [-0.3, -0.25) is 4.90 Å². The molecule has 2 aliphatic rings. The number of aryl methyl sites for hydroxylation is 1. The number of fused-ring (bicyclic) bond motifs is 2. The van der Waals surface area contributed by atoms with Crippen LogP contribution in [0.1, 0.15) is 54.1 Å². The molecule has 1 N–H and O–H groups in total. The molecular formula is C20H30N4O2S. The second-order valence-corrected chi connectivity index (χ2v) is 8.99. The van der Waals surface area contributed by atoms with E-state index in [-0.39, 0.29) is 11.7 Å². The van der Waals surface area contributed by atoms with Crippen molar-refractivity contribution in [2.45, 2.75) is 70.7 Å². The Balaban J connectivity index is 1.38. The average molecular weight is 391 g/mol. The zero-order valence-electron chi connectivity index (χ0n) is 16.4. The first-order valence-corrected chi connectivity index (χ1v) is 11.0. The number of piperidine rings is 1. The normalized spacial score (nSPS) is 20.7. The van der Waals surface area contributed by atoms with E-state index in [1.54, 1.807) is 9.56 Å². The van der Waals surface area contributed by atoms with Crippen molar-refractivity contribution < 1.29 is 9.84 Å². The molecule has 2 aliphatic heterocycles. The Morgan fingerprint density at radius 2 is 2.15 bits per heavy atom. The van der Waals surface area contributed by atoms with Gasteiger partial charge in [-0.05, 0) is 37.3 Å². The van der Waals surface area contributed by atoms with Crippen LogP contribution in [0.2, 0.25) is 0 Å². The fraction of sp³-hybridized carbons (Fsp3) is 0.700. The van der Waals surface area contributed by atoms with Crippen LogP contribution in [-0.4, -0.2) is 50.8 Å². The molecule has 2 aromatic rings. The van der Waals surface area contributed by atoms with Gasteiger partial charge >= 0.3 is 0 Å². The van der Waals surface area contributed by atoms with Gasteiger partial charge in [0.1, 0.15) is 0 Å². The zero-order valence-corrected chi connectivity index (χ0v) is 17.2. The molecule has 0 radical (unpaired) electrons. The minimum absolute atomic E-state index is 0.0726. The molecular weight excluding hydrogens is 360 g/mol. The lowest BCUT2D eigenvalue weighted by molar-refractivity contribution is -0.0982. The van der Waals surface area contributed by atoms with E-state index in [9.17, 15) is 5.11 Å². The summed E-state index contributed by atoms with van der Waals surface area (Å²) in [7, 11) is 0. The molecule has 4 rings (SSSR count). The highest BCUT2D eigenvalue weighted by molar-refractivity contribution is 7.12. The summed E-state index contributed by atoms with van der Waals surface area (Å²) in [5.74, 6) is 0. The van der Waals surface area contributed by atoms with Gasteiger partial charge in [-0.1, -0.05) is 19.1 Å². The van der Waals surface area contributed by atoms with Crippen molar-refractivity contribution in [3.8, 4) is 0 Å². The van der Waals surface area contributed by atoms with Gasteiger partial charge in [0.15, 0.2) is 0 Å². The van der Waals surface area contributed by atoms with Gasteiger partial charge in [0.05, 0.1) is 30.6 Å². The Morgan fingerprint density at radius 1 is 1.33 bits per heavy atom. The van der Waals surface area contributed by atoms with Crippen LogP contribution in [0.15, 0.2) is 12.3 Å². The predicted octanol–water partition coefficient (Wildman–Crippen LogP) is 2.74. The highest BCUT2D eigenvalue weighted by Crippen LogP contribution is 2.44. The number of thiophene rings is 1. The molecule has 0 aromatic carbocycles. The number of nitrogens with zero attached hydrogens (tertiary/aromatic N) is 4. The molecule has 6 nitrogen and oxygen atoms in total. The van der Waals surface area contributed by atoms with E-state index < -0.39 is 0 Å². The van der Waals surface area contributed by atoms with Crippen LogP contribution < -0.4 is 0 Å². The molecule has 7 heteroatoms. The van der Waals surface area contributed by atoms with Gasteiger partial charge in [-0.15, -0.1) is 16.4 Å². The Kier molecular flexibility index (Phi) is 5.64. The molecule has 1 atom stereocenters. The minimum Gasteiger partial charge on any atom is -0.391 e. The van der Waals surface area contributed by atoms with Gasteiger partial charge in [-0.2, -0.15) is 0 Å². The molecule has 0 bridgehead atoms. The van der Waals surface area contributed by atoms with Crippen LogP contribution in [0.25, 0.3) is 0 Å². The summed E-state index contributed by atoms with van der Waals surface area (Å²) in [6, 6.07) is 2.40. The standard InChI is InChI=1S/C20H30N4O2S/c1-3-16(25)14-24-13-15(21-22-24)12-23-8-6-20(7-9-23)18-11-17(4-2)27-19(18)5-10-26-20/h11,13,16,25H,3-10,12,14H2,1-2H3. The van der Waals surface area contributed by atoms with Crippen LogP contribution >= 0.6 is 11.3 Å². The fourth-order valence-corrected chi connectivity index (χ4v) is 5.38. The number of likely N-dealkylation sites (tertiary alicyclic amines) is 1. The Bertz CT molecular complexity index is 764. The lowest BCUT2D eigenvalue weighted by Crippen LogP contribution is -2.45. The van der Waals surface area contributed by atoms with E-state index in [4.69, 9.17) is 4.74 Å².